The maximum Gasteiger partial charge on any atom is 0.166 e. The Morgan fingerprint density at radius 1 is 0.885 bits per heavy atom. The van der Waals surface area contributed by atoms with Crippen LogP contribution < -0.4 is 21.3 Å². The van der Waals surface area contributed by atoms with E-state index >= 15 is 0 Å². The summed E-state index contributed by atoms with van der Waals surface area (Å²) >= 11 is 10.6. The van der Waals surface area contributed by atoms with E-state index in [4.69, 9.17) is 33.9 Å². The largest absolute Gasteiger partial charge is 0.383 e. The number of methoxy groups -OCH3 is 2. The molecule has 1 aromatic carbocycles. The Kier molecular flexibility index (Phi) is 11.1. The van der Waals surface area contributed by atoms with Gasteiger partial charge in [0, 0.05) is 39.4 Å². The third kappa shape index (κ3) is 9.86. The minimum Gasteiger partial charge on any atom is -0.383 e. The predicted octanol–water partition coefficient (Wildman–Crippen LogP) is 1.68. The molecule has 0 aliphatic carbocycles. The molecule has 0 spiro atoms. The van der Waals surface area contributed by atoms with Crippen molar-refractivity contribution in [1.29, 1.82) is 0 Å². The molecule has 0 heterocycles. The van der Waals surface area contributed by atoms with Gasteiger partial charge in [-0.25, -0.2) is 0 Å². The van der Waals surface area contributed by atoms with Crippen LogP contribution in [0.15, 0.2) is 24.3 Å². The van der Waals surface area contributed by atoms with Gasteiger partial charge in [0.1, 0.15) is 0 Å². The van der Waals surface area contributed by atoms with Gasteiger partial charge >= 0.3 is 0 Å². The molecule has 0 bridgehead atoms. The van der Waals surface area contributed by atoms with Crippen LogP contribution in [-0.4, -0.2) is 49.7 Å². The van der Waals surface area contributed by atoms with Crippen LogP contribution in [0.5, 0.6) is 0 Å². The van der Waals surface area contributed by atoms with Crippen molar-refractivity contribution in [3.8, 4) is 0 Å². The summed E-state index contributed by atoms with van der Waals surface area (Å²) in [5.74, 6) is 0. The molecule has 8 heteroatoms. The first-order valence-corrected chi connectivity index (χ1v) is 9.40. The van der Waals surface area contributed by atoms with Crippen LogP contribution >= 0.6 is 24.4 Å². The highest BCUT2D eigenvalue weighted by atomic mass is 32.1. The molecule has 0 aliphatic heterocycles. The van der Waals surface area contributed by atoms with Crippen LogP contribution in [0.1, 0.15) is 25.0 Å². The van der Waals surface area contributed by atoms with Gasteiger partial charge in [-0.05, 0) is 49.4 Å². The van der Waals surface area contributed by atoms with Gasteiger partial charge in [-0.15, -0.1) is 0 Å². The molecule has 0 saturated carbocycles. The fraction of sp³-hybridized carbons (Fsp3) is 0.556. The minimum atomic E-state index is 0.171. The summed E-state index contributed by atoms with van der Waals surface area (Å²) in [6.07, 6.45) is 0. The van der Waals surface area contributed by atoms with Gasteiger partial charge in [0.2, 0.25) is 0 Å². The average Bonchev–Trinajstić information content (AvgIpc) is 2.59. The van der Waals surface area contributed by atoms with E-state index in [1.807, 2.05) is 19.9 Å². The summed E-state index contributed by atoms with van der Waals surface area (Å²) in [6, 6.07) is 8.63. The quantitative estimate of drug-likeness (QED) is 0.444. The summed E-state index contributed by atoms with van der Waals surface area (Å²) in [5.41, 5.74) is 2.30. The smallest absolute Gasteiger partial charge is 0.166 e. The standard InChI is InChI=1S/C18H30N4O2S2/c1-13(11-23-3)21-17(25)19-9-15-6-5-7-16(8-15)10-20-18(26)22-14(2)12-24-4/h5-8,13-14H,9-12H2,1-4H3,(H2,19,21,25)(H2,20,22,26). The summed E-state index contributed by atoms with van der Waals surface area (Å²) in [5, 5.41) is 14.0. The molecule has 146 valence electrons. The maximum absolute atomic E-state index is 5.30. The van der Waals surface area contributed by atoms with E-state index in [9.17, 15) is 0 Å². The topological polar surface area (TPSA) is 66.6 Å². The van der Waals surface area contributed by atoms with Crippen molar-refractivity contribution in [2.75, 3.05) is 27.4 Å². The molecule has 0 amide bonds. The molecule has 0 radical (unpaired) electrons. The van der Waals surface area contributed by atoms with Gasteiger partial charge in [-0.3, -0.25) is 0 Å². The van der Waals surface area contributed by atoms with Crippen molar-refractivity contribution in [1.82, 2.24) is 21.3 Å². The first-order chi connectivity index (χ1) is 12.4. The van der Waals surface area contributed by atoms with E-state index in [1.54, 1.807) is 14.2 Å². The molecular weight excluding hydrogens is 368 g/mol. The number of hydrogen-bond donors (Lipinski definition) is 4. The van der Waals surface area contributed by atoms with Gasteiger partial charge in [-0.1, -0.05) is 24.3 Å². The Balaban J connectivity index is 2.40. The van der Waals surface area contributed by atoms with Gasteiger partial charge in [0.15, 0.2) is 10.2 Å². The number of thiocarbonyl (C=S) groups is 2. The first kappa shape index (κ1) is 22.6. The highest BCUT2D eigenvalue weighted by Crippen LogP contribution is 2.05. The monoisotopic (exact) mass is 398 g/mol. The Morgan fingerprint density at radius 3 is 1.69 bits per heavy atom. The number of benzene rings is 1. The molecule has 6 nitrogen and oxygen atoms in total. The third-order valence-electron chi connectivity index (χ3n) is 3.49. The van der Waals surface area contributed by atoms with E-state index < -0.39 is 0 Å². The predicted molar refractivity (Wildman–Crippen MR) is 114 cm³/mol. The molecule has 1 rings (SSSR count). The van der Waals surface area contributed by atoms with Crippen LogP contribution in [-0.2, 0) is 22.6 Å². The van der Waals surface area contributed by atoms with Crippen molar-refractivity contribution >= 4 is 34.7 Å². The molecule has 2 atom stereocenters. The molecular formula is C18H30N4O2S2. The molecule has 0 aromatic heterocycles. The van der Waals surface area contributed by atoms with Crippen molar-refractivity contribution in [2.24, 2.45) is 0 Å². The van der Waals surface area contributed by atoms with Crippen LogP contribution in [0.4, 0.5) is 0 Å². The van der Waals surface area contributed by atoms with Crippen LogP contribution in [0, 0.1) is 0 Å². The van der Waals surface area contributed by atoms with Crippen LogP contribution in [0.25, 0.3) is 0 Å². The summed E-state index contributed by atoms with van der Waals surface area (Å²) in [6.45, 7) is 6.59. The van der Waals surface area contributed by atoms with E-state index in [-0.39, 0.29) is 12.1 Å². The van der Waals surface area contributed by atoms with Crippen molar-refractivity contribution in [3.63, 3.8) is 0 Å². The lowest BCUT2D eigenvalue weighted by atomic mass is 10.1. The SMILES string of the molecule is COCC(C)NC(=S)NCc1cccc(CNC(=S)NC(C)COC)c1. The second kappa shape index (κ2) is 12.8. The van der Waals surface area contributed by atoms with Gasteiger partial charge < -0.3 is 30.7 Å². The number of hydrogen-bond acceptors (Lipinski definition) is 4. The average molecular weight is 399 g/mol. The molecule has 1 aromatic rings. The lowest BCUT2D eigenvalue weighted by Gasteiger charge is -2.17. The minimum absolute atomic E-state index is 0.171. The van der Waals surface area contributed by atoms with Crippen molar-refractivity contribution in [3.05, 3.63) is 35.4 Å². The highest BCUT2D eigenvalue weighted by molar-refractivity contribution is 7.80. The first-order valence-electron chi connectivity index (χ1n) is 8.59. The summed E-state index contributed by atoms with van der Waals surface area (Å²) < 4.78 is 10.2. The molecule has 0 fully saturated rings. The second-order valence-corrected chi connectivity index (χ2v) is 7.00. The Labute approximate surface area is 167 Å². The third-order valence-corrected chi connectivity index (χ3v) is 4.01. The van der Waals surface area contributed by atoms with Gasteiger partial charge in [0.25, 0.3) is 0 Å². The van der Waals surface area contributed by atoms with E-state index in [2.05, 4.69) is 39.5 Å². The summed E-state index contributed by atoms with van der Waals surface area (Å²) in [7, 11) is 3.35. The zero-order valence-corrected chi connectivity index (χ0v) is 17.6. The number of nitrogens with one attached hydrogen (secondary N) is 4. The van der Waals surface area contributed by atoms with Crippen molar-refractivity contribution in [2.45, 2.75) is 39.0 Å². The van der Waals surface area contributed by atoms with E-state index in [0.29, 0.717) is 36.5 Å². The Bertz CT molecular complexity index is 527. The fourth-order valence-corrected chi connectivity index (χ4v) is 2.89. The van der Waals surface area contributed by atoms with Crippen molar-refractivity contribution < 1.29 is 9.47 Å². The maximum atomic E-state index is 5.30. The molecule has 26 heavy (non-hydrogen) atoms. The van der Waals surface area contributed by atoms with Crippen LogP contribution in [0.3, 0.4) is 0 Å². The molecule has 0 aliphatic rings. The molecule has 4 N–H and O–H groups in total. The normalized spacial score (nSPS) is 12.8. The van der Waals surface area contributed by atoms with E-state index in [1.165, 1.54) is 0 Å². The van der Waals surface area contributed by atoms with E-state index in [0.717, 1.165) is 11.1 Å². The van der Waals surface area contributed by atoms with Gasteiger partial charge in [0.05, 0.1) is 13.2 Å². The lowest BCUT2D eigenvalue weighted by molar-refractivity contribution is 0.179. The Morgan fingerprint density at radius 2 is 1.31 bits per heavy atom. The Hall–Kier alpha value is -1.48. The fourth-order valence-electron chi connectivity index (χ4n) is 2.35. The molecule has 0 saturated heterocycles. The zero-order valence-electron chi connectivity index (χ0n) is 15.9. The number of ether oxygens (including phenoxy) is 2. The highest BCUT2D eigenvalue weighted by Gasteiger charge is 2.05. The van der Waals surface area contributed by atoms with Crippen LogP contribution in [0.2, 0.25) is 0 Å². The zero-order chi connectivity index (χ0) is 19.4. The lowest BCUT2D eigenvalue weighted by Crippen LogP contribution is -2.42. The second-order valence-electron chi connectivity index (χ2n) is 6.19. The molecule has 2 unspecified atom stereocenters. The van der Waals surface area contributed by atoms with Gasteiger partial charge in [-0.2, -0.15) is 0 Å². The summed E-state index contributed by atoms with van der Waals surface area (Å²) in [4.78, 5) is 0. The number of rotatable bonds is 10.